The molecular formula is C20H26N2O5. The van der Waals surface area contributed by atoms with Gasteiger partial charge in [-0.2, -0.15) is 0 Å². The molecule has 2 rings (SSSR count). The number of amides is 3. The second-order valence-corrected chi connectivity index (χ2v) is 6.91. The van der Waals surface area contributed by atoms with Crippen molar-refractivity contribution in [2.75, 3.05) is 6.61 Å². The summed E-state index contributed by atoms with van der Waals surface area (Å²) in [5, 5.41) is 4.84. The fraction of sp³-hybridized carbons (Fsp3) is 0.500. The third-order valence-corrected chi connectivity index (χ3v) is 4.56. The number of aryl methyl sites for hydroxylation is 2. The number of benzene rings is 1. The Bertz CT molecular complexity index is 723. The van der Waals surface area contributed by atoms with Gasteiger partial charge in [-0.3, -0.25) is 19.7 Å². The van der Waals surface area contributed by atoms with Crippen molar-refractivity contribution in [3.63, 3.8) is 0 Å². The lowest BCUT2D eigenvalue weighted by Crippen LogP contribution is -2.45. The molecule has 0 atom stereocenters. The summed E-state index contributed by atoms with van der Waals surface area (Å²) in [5.74, 6) is -1.49. The maximum absolute atomic E-state index is 12.2. The van der Waals surface area contributed by atoms with Gasteiger partial charge < -0.3 is 10.1 Å². The second-order valence-electron chi connectivity index (χ2n) is 6.91. The maximum Gasteiger partial charge on any atom is 0.321 e. The van der Waals surface area contributed by atoms with E-state index in [1.54, 1.807) is 6.07 Å². The van der Waals surface area contributed by atoms with Gasteiger partial charge in [0.2, 0.25) is 0 Å². The number of urea groups is 1. The molecule has 2 N–H and O–H groups in total. The number of carbonyl (C=O) groups is 4. The summed E-state index contributed by atoms with van der Waals surface area (Å²) < 4.78 is 4.83. The molecular weight excluding hydrogens is 348 g/mol. The fourth-order valence-electron chi connectivity index (χ4n) is 3.06. The van der Waals surface area contributed by atoms with E-state index in [0.29, 0.717) is 5.56 Å². The van der Waals surface area contributed by atoms with Crippen LogP contribution in [0.5, 0.6) is 0 Å². The molecule has 1 aromatic carbocycles. The molecule has 1 aliphatic carbocycles. The Hall–Kier alpha value is -2.70. The summed E-state index contributed by atoms with van der Waals surface area (Å²) in [6.07, 6.45) is 3.84. The van der Waals surface area contributed by atoms with Crippen molar-refractivity contribution in [1.29, 1.82) is 0 Å². The van der Waals surface area contributed by atoms with Gasteiger partial charge in [0, 0.05) is 18.0 Å². The molecule has 7 nitrogen and oxygen atoms in total. The monoisotopic (exact) mass is 374 g/mol. The minimum atomic E-state index is -0.695. The van der Waals surface area contributed by atoms with Gasteiger partial charge in [-0.25, -0.2) is 4.79 Å². The van der Waals surface area contributed by atoms with Crippen LogP contribution < -0.4 is 10.6 Å². The maximum atomic E-state index is 12.2. The van der Waals surface area contributed by atoms with E-state index in [1.165, 1.54) is 0 Å². The highest BCUT2D eigenvalue weighted by atomic mass is 16.5. The minimum absolute atomic E-state index is 0.00686. The predicted octanol–water partition coefficient (Wildman–Crippen LogP) is 2.58. The second kappa shape index (κ2) is 9.85. The molecule has 0 spiro atoms. The zero-order valence-corrected chi connectivity index (χ0v) is 15.8. The van der Waals surface area contributed by atoms with E-state index in [2.05, 4.69) is 10.6 Å². The van der Waals surface area contributed by atoms with Crippen LogP contribution in [0, 0.1) is 13.8 Å². The average molecular weight is 374 g/mol. The van der Waals surface area contributed by atoms with Gasteiger partial charge in [0.25, 0.3) is 5.91 Å². The first-order valence-corrected chi connectivity index (χ1v) is 9.21. The molecule has 1 saturated carbocycles. The van der Waals surface area contributed by atoms with Crippen molar-refractivity contribution < 1.29 is 23.9 Å². The minimum Gasteiger partial charge on any atom is -0.456 e. The van der Waals surface area contributed by atoms with Crippen molar-refractivity contribution in [2.45, 2.75) is 58.4 Å². The standard InChI is InChI=1S/C20H26N2O5/c1-13-7-8-14(2)16(11-13)17(23)9-10-19(25)27-12-18(24)22-20(26)21-15-5-3-4-6-15/h7-8,11,15H,3-6,9-10,12H2,1-2H3,(H2,21,22,24,26). The number of rotatable bonds is 7. The van der Waals surface area contributed by atoms with Crippen LogP contribution in [0.15, 0.2) is 18.2 Å². The Labute approximate surface area is 158 Å². The highest BCUT2D eigenvalue weighted by molar-refractivity contribution is 5.99. The summed E-state index contributed by atoms with van der Waals surface area (Å²) in [5.41, 5.74) is 2.41. The number of ketones is 1. The van der Waals surface area contributed by atoms with Crippen LogP contribution in [0.4, 0.5) is 4.79 Å². The molecule has 3 amide bonds. The normalized spacial score (nSPS) is 13.9. The van der Waals surface area contributed by atoms with Crippen LogP contribution in [-0.4, -0.2) is 36.3 Å². The van der Waals surface area contributed by atoms with Gasteiger partial charge in [0.05, 0.1) is 6.42 Å². The van der Waals surface area contributed by atoms with E-state index in [-0.39, 0.29) is 24.7 Å². The number of ether oxygens (including phenoxy) is 1. The highest BCUT2D eigenvalue weighted by Crippen LogP contribution is 2.17. The molecule has 1 fully saturated rings. The lowest BCUT2D eigenvalue weighted by atomic mass is 9.99. The smallest absolute Gasteiger partial charge is 0.321 e. The number of esters is 1. The first-order chi connectivity index (χ1) is 12.8. The Morgan fingerprint density at radius 1 is 1.07 bits per heavy atom. The Morgan fingerprint density at radius 2 is 1.78 bits per heavy atom. The third kappa shape index (κ3) is 6.84. The van der Waals surface area contributed by atoms with E-state index < -0.39 is 24.5 Å². The molecule has 0 aromatic heterocycles. The zero-order valence-electron chi connectivity index (χ0n) is 15.8. The molecule has 146 valence electrons. The van der Waals surface area contributed by atoms with Crippen LogP contribution in [0.1, 0.15) is 60.0 Å². The third-order valence-electron chi connectivity index (χ3n) is 4.56. The SMILES string of the molecule is Cc1ccc(C)c(C(=O)CCC(=O)OCC(=O)NC(=O)NC2CCCC2)c1. The van der Waals surface area contributed by atoms with Gasteiger partial charge in [-0.1, -0.05) is 30.5 Å². The lowest BCUT2D eigenvalue weighted by molar-refractivity contribution is -0.148. The molecule has 1 aromatic rings. The number of hydrogen-bond donors (Lipinski definition) is 2. The molecule has 0 aliphatic heterocycles. The summed E-state index contributed by atoms with van der Waals surface area (Å²) in [6.45, 7) is 3.19. The topological polar surface area (TPSA) is 102 Å². The van der Waals surface area contributed by atoms with Crippen LogP contribution in [0.25, 0.3) is 0 Å². The van der Waals surface area contributed by atoms with E-state index in [1.807, 2.05) is 26.0 Å². The summed E-state index contributed by atoms with van der Waals surface area (Å²) in [6, 6.07) is 5.09. The van der Waals surface area contributed by atoms with Crippen LogP contribution >= 0.6 is 0 Å². The highest BCUT2D eigenvalue weighted by Gasteiger charge is 2.19. The Morgan fingerprint density at radius 3 is 2.48 bits per heavy atom. The number of nitrogens with one attached hydrogen (secondary N) is 2. The van der Waals surface area contributed by atoms with E-state index in [4.69, 9.17) is 4.74 Å². The predicted molar refractivity (Wildman–Crippen MR) is 99.4 cm³/mol. The first kappa shape index (κ1) is 20.6. The van der Waals surface area contributed by atoms with Crippen LogP contribution in [0.3, 0.4) is 0 Å². The van der Waals surface area contributed by atoms with E-state index in [0.717, 1.165) is 36.8 Å². The van der Waals surface area contributed by atoms with Crippen molar-refractivity contribution in [3.05, 3.63) is 34.9 Å². The van der Waals surface area contributed by atoms with Gasteiger partial charge in [0.1, 0.15) is 0 Å². The summed E-state index contributed by atoms with van der Waals surface area (Å²) in [7, 11) is 0. The van der Waals surface area contributed by atoms with Gasteiger partial charge >= 0.3 is 12.0 Å². The van der Waals surface area contributed by atoms with Gasteiger partial charge in [-0.05, 0) is 38.3 Å². The van der Waals surface area contributed by atoms with E-state index in [9.17, 15) is 19.2 Å². The summed E-state index contributed by atoms with van der Waals surface area (Å²) in [4.78, 5) is 47.3. The van der Waals surface area contributed by atoms with E-state index >= 15 is 0 Å². The number of Topliss-reactive ketones (excluding diaryl/α,β-unsaturated/α-hetero) is 1. The molecule has 27 heavy (non-hydrogen) atoms. The quantitative estimate of drug-likeness (QED) is 0.564. The Kier molecular flexibility index (Phi) is 7.52. The lowest BCUT2D eigenvalue weighted by Gasteiger charge is -2.12. The molecule has 1 aliphatic rings. The number of imide groups is 1. The zero-order chi connectivity index (χ0) is 19.8. The van der Waals surface area contributed by atoms with Gasteiger partial charge in [0.15, 0.2) is 12.4 Å². The fourth-order valence-corrected chi connectivity index (χ4v) is 3.06. The van der Waals surface area contributed by atoms with Crippen molar-refractivity contribution in [3.8, 4) is 0 Å². The summed E-state index contributed by atoms with van der Waals surface area (Å²) >= 11 is 0. The molecule has 0 heterocycles. The molecule has 0 bridgehead atoms. The number of carbonyl (C=O) groups excluding carboxylic acids is 4. The average Bonchev–Trinajstić information content (AvgIpc) is 3.12. The van der Waals surface area contributed by atoms with Crippen LogP contribution in [-0.2, 0) is 14.3 Å². The van der Waals surface area contributed by atoms with Crippen molar-refractivity contribution in [2.24, 2.45) is 0 Å². The molecule has 0 unspecified atom stereocenters. The first-order valence-electron chi connectivity index (χ1n) is 9.21. The van der Waals surface area contributed by atoms with Gasteiger partial charge in [-0.15, -0.1) is 0 Å². The molecule has 0 saturated heterocycles. The molecule has 0 radical (unpaired) electrons. The van der Waals surface area contributed by atoms with Crippen molar-refractivity contribution in [1.82, 2.24) is 10.6 Å². The Balaban J connectivity index is 1.67. The van der Waals surface area contributed by atoms with Crippen LogP contribution in [0.2, 0.25) is 0 Å². The van der Waals surface area contributed by atoms with Crippen molar-refractivity contribution >= 4 is 23.7 Å². The number of hydrogen-bond acceptors (Lipinski definition) is 5. The molecule has 7 heteroatoms. The largest absolute Gasteiger partial charge is 0.456 e.